The average Bonchev–Trinajstić information content (AvgIpc) is 2.53. The van der Waals surface area contributed by atoms with E-state index in [1.165, 1.54) is 4.90 Å². The molecule has 0 saturated heterocycles. The van der Waals surface area contributed by atoms with Crippen LogP contribution in [0, 0.1) is 6.92 Å². The highest BCUT2D eigenvalue weighted by molar-refractivity contribution is 6.05. The highest BCUT2D eigenvalue weighted by Crippen LogP contribution is 2.32. The van der Waals surface area contributed by atoms with Gasteiger partial charge in [0.15, 0.2) is 0 Å². The predicted octanol–water partition coefficient (Wildman–Crippen LogP) is 1.99. The molecule has 0 atom stereocenters. The minimum atomic E-state index is -0.137. The molecule has 3 rings (SSSR count). The van der Waals surface area contributed by atoms with E-state index >= 15 is 0 Å². The molecule has 114 valence electrons. The molecule has 2 aromatic rings. The van der Waals surface area contributed by atoms with E-state index in [0.29, 0.717) is 24.0 Å². The number of benzene rings is 1. The molecule has 22 heavy (non-hydrogen) atoms. The van der Waals surface area contributed by atoms with E-state index in [0.717, 1.165) is 16.8 Å². The maximum absolute atomic E-state index is 12.7. The van der Waals surface area contributed by atoms with Gasteiger partial charge in [-0.25, -0.2) is 9.78 Å². The van der Waals surface area contributed by atoms with Crippen molar-refractivity contribution in [2.45, 2.75) is 13.5 Å². The molecule has 0 bridgehead atoms. The molecule has 0 aliphatic carbocycles. The van der Waals surface area contributed by atoms with Gasteiger partial charge in [-0.2, -0.15) is 4.98 Å². The van der Waals surface area contributed by atoms with Crippen molar-refractivity contribution in [2.24, 2.45) is 0 Å². The lowest BCUT2D eigenvalue weighted by Crippen LogP contribution is -2.46. The van der Waals surface area contributed by atoms with Crippen LogP contribution in [-0.2, 0) is 6.54 Å². The summed E-state index contributed by atoms with van der Waals surface area (Å²) in [5.41, 5.74) is 9.18. The fraction of sp³-hybridized carbons (Fsp3) is 0.267. The summed E-state index contributed by atoms with van der Waals surface area (Å²) in [6.45, 7) is 2.38. The van der Waals surface area contributed by atoms with Gasteiger partial charge in [0.2, 0.25) is 5.95 Å². The van der Waals surface area contributed by atoms with E-state index in [4.69, 9.17) is 5.73 Å². The van der Waals surface area contributed by atoms with Crippen LogP contribution in [0.5, 0.6) is 0 Å². The lowest BCUT2D eigenvalue weighted by Gasteiger charge is -2.34. The molecule has 2 heterocycles. The summed E-state index contributed by atoms with van der Waals surface area (Å²) in [5.74, 6) is 1.12. The van der Waals surface area contributed by atoms with Crippen LogP contribution in [0.2, 0.25) is 0 Å². The molecule has 0 fully saturated rings. The first-order chi connectivity index (χ1) is 10.5. The second-order valence-corrected chi connectivity index (χ2v) is 5.27. The van der Waals surface area contributed by atoms with Gasteiger partial charge < -0.3 is 11.1 Å². The third kappa shape index (κ3) is 2.20. The number of nitrogens with one attached hydrogen (secondary N) is 1. The van der Waals surface area contributed by atoms with Crippen molar-refractivity contribution >= 4 is 29.2 Å². The van der Waals surface area contributed by atoms with Gasteiger partial charge in [0, 0.05) is 31.5 Å². The molecule has 0 unspecified atom stereocenters. The molecule has 1 aliphatic rings. The van der Waals surface area contributed by atoms with Gasteiger partial charge in [-0.1, -0.05) is 6.07 Å². The Morgan fingerprint density at radius 1 is 1.36 bits per heavy atom. The van der Waals surface area contributed by atoms with Crippen LogP contribution in [0.4, 0.5) is 27.9 Å². The van der Waals surface area contributed by atoms with E-state index in [-0.39, 0.29) is 6.03 Å². The van der Waals surface area contributed by atoms with Gasteiger partial charge in [-0.3, -0.25) is 9.80 Å². The van der Waals surface area contributed by atoms with Crippen LogP contribution in [-0.4, -0.2) is 30.1 Å². The third-order valence-corrected chi connectivity index (χ3v) is 3.75. The fourth-order valence-corrected chi connectivity index (χ4v) is 2.54. The Hall–Kier alpha value is -2.83. The summed E-state index contributed by atoms with van der Waals surface area (Å²) < 4.78 is 0. The van der Waals surface area contributed by atoms with Crippen LogP contribution < -0.4 is 20.9 Å². The molecule has 0 radical (unpaired) electrons. The maximum Gasteiger partial charge on any atom is 0.330 e. The molecule has 1 aliphatic heterocycles. The zero-order chi connectivity index (χ0) is 15.9. The number of nitrogen functional groups attached to an aromatic ring is 1. The topological polar surface area (TPSA) is 87.4 Å². The lowest BCUT2D eigenvalue weighted by molar-refractivity contribution is 0.251. The van der Waals surface area contributed by atoms with Gasteiger partial charge in [0.25, 0.3) is 0 Å². The molecule has 0 saturated carbocycles. The Kier molecular flexibility index (Phi) is 3.32. The first-order valence-corrected chi connectivity index (χ1v) is 6.96. The number of rotatable bonds is 2. The number of aryl methyl sites for hydroxylation is 1. The van der Waals surface area contributed by atoms with Crippen molar-refractivity contribution in [2.75, 3.05) is 34.9 Å². The number of amides is 2. The number of hydrogen-bond acceptors (Lipinski definition) is 5. The van der Waals surface area contributed by atoms with Crippen molar-refractivity contribution in [3.05, 3.63) is 35.5 Å². The van der Waals surface area contributed by atoms with E-state index in [9.17, 15) is 4.79 Å². The van der Waals surface area contributed by atoms with E-state index in [1.807, 2.05) is 25.1 Å². The van der Waals surface area contributed by atoms with Crippen LogP contribution in [0.15, 0.2) is 24.4 Å². The van der Waals surface area contributed by atoms with Gasteiger partial charge in [-0.15, -0.1) is 0 Å². The van der Waals surface area contributed by atoms with Crippen molar-refractivity contribution in [3.63, 3.8) is 0 Å². The van der Waals surface area contributed by atoms with Crippen molar-refractivity contribution < 1.29 is 4.79 Å². The zero-order valence-electron chi connectivity index (χ0n) is 12.8. The molecule has 3 N–H and O–H groups in total. The number of nitrogens with zero attached hydrogens (tertiary/aromatic N) is 4. The van der Waals surface area contributed by atoms with Crippen molar-refractivity contribution in [1.29, 1.82) is 0 Å². The number of fused-ring (bicyclic) bond motifs is 1. The number of nitrogens with two attached hydrogens (primary N) is 1. The molecule has 1 aromatic carbocycles. The van der Waals surface area contributed by atoms with Crippen LogP contribution in [0.1, 0.15) is 11.1 Å². The summed E-state index contributed by atoms with van der Waals surface area (Å²) >= 11 is 0. The molecule has 1 aromatic heterocycles. The second kappa shape index (κ2) is 5.18. The van der Waals surface area contributed by atoms with Gasteiger partial charge in [0.1, 0.15) is 5.82 Å². The highest BCUT2D eigenvalue weighted by atomic mass is 16.2. The summed E-state index contributed by atoms with van der Waals surface area (Å²) in [5, 5.41) is 2.88. The van der Waals surface area contributed by atoms with Crippen molar-refractivity contribution in [1.82, 2.24) is 9.97 Å². The number of carbonyl (C=O) groups excluding carboxylic acids is 1. The van der Waals surface area contributed by atoms with E-state index in [2.05, 4.69) is 15.3 Å². The molecular formula is C15H18N6O. The van der Waals surface area contributed by atoms with Crippen LogP contribution >= 0.6 is 0 Å². The lowest BCUT2D eigenvalue weighted by atomic mass is 10.1. The molecule has 2 amide bonds. The molecular weight excluding hydrogens is 280 g/mol. The van der Waals surface area contributed by atoms with Gasteiger partial charge in [0.05, 0.1) is 12.2 Å². The standard InChI is InChI=1S/C15H18N6O/c1-9-4-5-11(16)6-12(9)21-8-10-7-18-14(17-2)19-13(10)20(3)15(21)22/h4-7H,8,16H2,1-3H3,(H,17,18,19). The second-order valence-electron chi connectivity index (χ2n) is 5.27. The Labute approximate surface area is 128 Å². The first kappa shape index (κ1) is 14.1. The van der Waals surface area contributed by atoms with E-state index in [1.54, 1.807) is 25.2 Å². The number of hydrogen-bond donors (Lipinski definition) is 2. The smallest absolute Gasteiger partial charge is 0.330 e. The normalized spacial score (nSPS) is 14.0. The number of carbonyl (C=O) groups is 1. The Morgan fingerprint density at radius 3 is 2.86 bits per heavy atom. The number of urea groups is 1. The summed E-state index contributed by atoms with van der Waals surface area (Å²) in [6, 6.07) is 5.41. The first-order valence-electron chi connectivity index (χ1n) is 6.96. The third-order valence-electron chi connectivity index (χ3n) is 3.75. The Bertz CT molecular complexity index is 745. The van der Waals surface area contributed by atoms with Gasteiger partial charge >= 0.3 is 6.03 Å². The SMILES string of the molecule is CNc1ncc2c(n1)N(C)C(=O)N(c1cc(N)ccc1C)C2. The summed E-state index contributed by atoms with van der Waals surface area (Å²) in [7, 11) is 3.45. The summed E-state index contributed by atoms with van der Waals surface area (Å²) in [4.78, 5) is 24.5. The average molecular weight is 298 g/mol. The number of aromatic nitrogens is 2. The number of anilines is 4. The van der Waals surface area contributed by atoms with Gasteiger partial charge in [-0.05, 0) is 24.6 Å². The maximum atomic E-state index is 12.7. The summed E-state index contributed by atoms with van der Waals surface area (Å²) in [6.07, 6.45) is 1.74. The quantitative estimate of drug-likeness (QED) is 0.828. The monoisotopic (exact) mass is 298 g/mol. The molecule has 7 nitrogen and oxygen atoms in total. The molecule has 0 spiro atoms. The van der Waals surface area contributed by atoms with Crippen LogP contribution in [0.25, 0.3) is 0 Å². The largest absolute Gasteiger partial charge is 0.399 e. The zero-order valence-corrected chi connectivity index (χ0v) is 12.8. The van der Waals surface area contributed by atoms with Crippen molar-refractivity contribution in [3.8, 4) is 0 Å². The fourth-order valence-electron chi connectivity index (χ4n) is 2.54. The predicted molar refractivity (Wildman–Crippen MR) is 87.2 cm³/mol. The Balaban J connectivity index is 2.06. The Morgan fingerprint density at radius 2 is 2.14 bits per heavy atom. The highest BCUT2D eigenvalue weighted by Gasteiger charge is 2.31. The molecule has 7 heteroatoms. The van der Waals surface area contributed by atoms with E-state index < -0.39 is 0 Å². The minimum Gasteiger partial charge on any atom is -0.399 e. The minimum absolute atomic E-state index is 0.137. The van der Waals surface area contributed by atoms with Crippen LogP contribution in [0.3, 0.4) is 0 Å².